The van der Waals surface area contributed by atoms with E-state index in [1.807, 2.05) is 67.6 Å². The van der Waals surface area contributed by atoms with E-state index in [0.717, 1.165) is 45.9 Å². The third-order valence-corrected chi connectivity index (χ3v) is 5.66. The van der Waals surface area contributed by atoms with Gasteiger partial charge in [-0.05, 0) is 41.8 Å². The molecule has 1 heterocycles. The number of benzene rings is 3. The van der Waals surface area contributed by atoms with Crippen LogP contribution in [0.25, 0.3) is 5.57 Å². The van der Waals surface area contributed by atoms with Crippen LogP contribution in [0, 0.1) is 0 Å². The largest absolute Gasteiger partial charge is 0.493 e. The van der Waals surface area contributed by atoms with Gasteiger partial charge in [0, 0.05) is 30.6 Å². The summed E-state index contributed by atoms with van der Waals surface area (Å²) >= 11 is 0. The molecule has 1 unspecified atom stereocenters. The minimum absolute atomic E-state index is 0.165. The van der Waals surface area contributed by atoms with Gasteiger partial charge in [-0.15, -0.1) is 0 Å². The van der Waals surface area contributed by atoms with E-state index in [1.54, 1.807) is 0 Å². The molecule has 0 spiro atoms. The van der Waals surface area contributed by atoms with Crippen LogP contribution in [-0.4, -0.2) is 37.2 Å². The second-order valence-corrected chi connectivity index (χ2v) is 8.20. The smallest absolute Gasteiger partial charge is 0.333 e. The minimum atomic E-state index is -0.944. The van der Waals surface area contributed by atoms with Gasteiger partial charge in [-0.2, -0.15) is 0 Å². The number of aliphatic carboxylic acids is 1. The van der Waals surface area contributed by atoms with Crippen LogP contribution in [0.5, 0.6) is 17.2 Å². The summed E-state index contributed by atoms with van der Waals surface area (Å²) < 4.78 is 23.0. The predicted molar refractivity (Wildman–Crippen MR) is 134 cm³/mol. The third kappa shape index (κ3) is 6.43. The first-order valence-corrected chi connectivity index (χ1v) is 11.9. The van der Waals surface area contributed by atoms with Gasteiger partial charge in [-0.3, -0.25) is 0 Å². The molecule has 0 saturated carbocycles. The fourth-order valence-electron chi connectivity index (χ4n) is 3.94. The van der Waals surface area contributed by atoms with Crippen molar-refractivity contribution in [3.63, 3.8) is 0 Å². The van der Waals surface area contributed by atoms with Gasteiger partial charge in [0.25, 0.3) is 0 Å². The molecule has 182 valence electrons. The molecule has 0 radical (unpaired) electrons. The fraction of sp³-hybridized carbons (Fsp3) is 0.276. The molecule has 1 N–H and O–H groups in total. The van der Waals surface area contributed by atoms with E-state index in [2.05, 4.69) is 18.2 Å². The zero-order chi connectivity index (χ0) is 24.5. The molecule has 0 fully saturated rings. The zero-order valence-corrected chi connectivity index (χ0v) is 19.8. The standard InChI is InChI=1S/C29H30O6/c1-2-17-33-28(29(30)31)19-21-13-15-22(16-14-21)32-18-7-10-23-24-8-3-5-11-26(24)34-20-35-27-12-6-4-9-25(23)27/h3-6,8-16,28H,2,7,17-20H2,1H3,(H,30,31). The van der Waals surface area contributed by atoms with Gasteiger partial charge in [-0.25, -0.2) is 4.79 Å². The van der Waals surface area contributed by atoms with Gasteiger partial charge in [0.1, 0.15) is 17.2 Å². The molecule has 4 rings (SSSR count). The van der Waals surface area contributed by atoms with Crippen LogP contribution in [0.3, 0.4) is 0 Å². The summed E-state index contributed by atoms with van der Waals surface area (Å²) in [7, 11) is 0. The molecular weight excluding hydrogens is 444 g/mol. The molecule has 3 aromatic carbocycles. The lowest BCUT2D eigenvalue weighted by Gasteiger charge is -2.21. The summed E-state index contributed by atoms with van der Waals surface area (Å²) in [5.41, 5.74) is 3.98. The predicted octanol–water partition coefficient (Wildman–Crippen LogP) is 5.74. The molecule has 3 aromatic rings. The van der Waals surface area contributed by atoms with Gasteiger partial charge in [0.2, 0.25) is 6.79 Å². The topological polar surface area (TPSA) is 74.2 Å². The first-order valence-electron chi connectivity index (χ1n) is 11.9. The van der Waals surface area contributed by atoms with Crippen molar-refractivity contribution in [2.75, 3.05) is 20.0 Å². The molecule has 0 aliphatic carbocycles. The lowest BCUT2D eigenvalue weighted by Crippen LogP contribution is -2.26. The molecule has 6 nitrogen and oxygen atoms in total. The van der Waals surface area contributed by atoms with Gasteiger partial charge < -0.3 is 24.1 Å². The molecular formula is C29H30O6. The van der Waals surface area contributed by atoms with E-state index < -0.39 is 12.1 Å². The van der Waals surface area contributed by atoms with E-state index in [-0.39, 0.29) is 6.79 Å². The maximum atomic E-state index is 11.4. The molecule has 6 heteroatoms. The maximum absolute atomic E-state index is 11.4. The van der Waals surface area contributed by atoms with Gasteiger partial charge in [0.05, 0.1) is 6.61 Å². The number of fused-ring (bicyclic) bond motifs is 2. The maximum Gasteiger partial charge on any atom is 0.333 e. The molecule has 1 aliphatic rings. The van der Waals surface area contributed by atoms with Crippen LogP contribution in [0.4, 0.5) is 0 Å². The van der Waals surface area contributed by atoms with Crippen LogP contribution in [0.2, 0.25) is 0 Å². The lowest BCUT2D eigenvalue weighted by molar-refractivity contribution is -0.150. The number of para-hydroxylation sites is 2. The average Bonchev–Trinajstić information content (AvgIpc) is 2.87. The molecule has 1 atom stereocenters. The second kappa shape index (κ2) is 12.1. The van der Waals surface area contributed by atoms with Gasteiger partial charge >= 0.3 is 5.97 Å². The van der Waals surface area contributed by atoms with Crippen LogP contribution < -0.4 is 14.2 Å². The Labute approximate surface area is 205 Å². The van der Waals surface area contributed by atoms with Crippen LogP contribution in [0.1, 0.15) is 36.5 Å². The molecule has 0 aromatic heterocycles. The van der Waals surface area contributed by atoms with Crippen molar-refractivity contribution in [1.29, 1.82) is 0 Å². The van der Waals surface area contributed by atoms with Crippen molar-refractivity contribution < 1.29 is 28.8 Å². The average molecular weight is 475 g/mol. The number of carboxylic acid groups (broad SMARTS) is 1. The highest BCUT2D eigenvalue weighted by Gasteiger charge is 2.19. The van der Waals surface area contributed by atoms with Crippen LogP contribution in [0.15, 0.2) is 78.9 Å². The molecule has 0 bridgehead atoms. The molecule has 1 aliphatic heterocycles. The van der Waals surface area contributed by atoms with Gasteiger partial charge in [-0.1, -0.05) is 61.5 Å². The van der Waals surface area contributed by atoms with Crippen molar-refractivity contribution in [2.24, 2.45) is 0 Å². The minimum Gasteiger partial charge on any atom is -0.493 e. The third-order valence-electron chi connectivity index (χ3n) is 5.66. The number of ether oxygens (including phenoxy) is 4. The normalized spacial score (nSPS) is 13.2. The van der Waals surface area contributed by atoms with Gasteiger partial charge in [0.15, 0.2) is 6.10 Å². The Morgan fingerprint density at radius 2 is 1.57 bits per heavy atom. The first-order chi connectivity index (χ1) is 17.2. The lowest BCUT2D eigenvalue weighted by atomic mass is 9.95. The fourth-order valence-corrected chi connectivity index (χ4v) is 3.94. The number of carbonyl (C=O) groups is 1. The highest BCUT2D eigenvalue weighted by Crippen LogP contribution is 2.37. The van der Waals surface area contributed by atoms with E-state index >= 15 is 0 Å². The van der Waals surface area contributed by atoms with E-state index in [4.69, 9.17) is 18.9 Å². The van der Waals surface area contributed by atoms with Crippen LogP contribution in [-0.2, 0) is 16.0 Å². The quantitative estimate of drug-likeness (QED) is 0.378. The Morgan fingerprint density at radius 1 is 0.943 bits per heavy atom. The SMILES string of the molecule is CCCOC(Cc1ccc(OCCC=C2c3ccccc3OCOc3ccccc32)cc1)C(=O)O. The summed E-state index contributed by atoms with van der Waals surface area (Å²) in [6.07, 6.45) is 3.10. The highest BCUT2D eigenvalue weighted by molar-refractivity contribution is 5.85. The van der Waals surface area contributed by atoms with Crippen molar-refractivity contribution in [3.8, 4) is 17.2 Å². The van der Waals surface area contributed by atoms with Crippen molar-refractivity contribution in [1.82, 2.24) is 0 Å². The number of hydrogen-bond acceptors (Lipinski definition) is 5. The number of carboxylic acids is 1. The number of rotatable bonds is 10. The van der Waals surface area contributed by atoms with Crippen molar-refractivity contribution in [2.45, 2.75) is 32.3 Å². The Hall–Kier alpha value is -3.77. The molecule has 35 heavy (non-hydrogen) atoms. The zero-order valence-electron chi connectivity index (χ0n) is 19.8. The Balaban J connectivity index is 1.41. The molecule has 0 saturated heterocycles. The summed E-state index contributed by atoms with van der Waals surface area (Å²) in [5.74, 6) is 1.36. The Morgan fingerprint density at radius 3 is 2.17 bits per heavy atom. The van der Waals surface area contributed by atoms with Crippen molar-refractivity contribution >= 4 is 11.5 Å². The monoisotopic (exact) mass is 474 g/mol. The highest BCUT2D eigenvalue weighted by atomic mass is 16.7. The van der Waals surface area contributed by atoms with E-state index in [1.165, 1.54) is 0 Å². The Bertz CT molecular complexity index is 1100. The summed E-state index contributed by atoms with van der Waals surface area (Å²) in [5, 5.41) is 9.35. The summed E-state index contributed by atoms with van der Waals surface area (Å²) in [4.78, 5) is 11.4. The van der Waals surface area contributed by atoms with Crippen molar-refractivity contribution in [3.05, 3.63) is 95.6 Å². The Kier molecular flexibility index (Phi) is 8.41. The second-order valence-electron chi connectivity index (χ2n) is 8.20. The molecule has 0 amide bonds. The summed E-state index contributed by atoms with van der Waals surface area (Å²) in [6.45, 7) is 3.04. The van der Waals surface area contributed by atoms with E-state index in [9.17, 15) is 9.90 Å². The number of hydrogen-bond donors (Lipinski definition) is 1. The first kappa shape index (κ1) is 24.4. The van der Waals surface area contributed by atoms with E-state index in [0.29, 0.717) is 26.1 Å². The summed E-state index contributed by atoms with van der Waals surface area (Å²) in [6, 6.07) is 23.4. The van der Waals surface area contributed by atoms with Crippen LogP contribution >= 0.6 is 0 Å².